The third-order valence-corrected chi connectivity index (χ3v) is 3.07. The molecule has 16 heavy (non-hydrogen) atoms. The topological polar surface area (TPSA) is 50.1 Å². The van der Waals surface area contributed by atoms with Crippen LogP contribution >= 0.6 is 11.8 Å². The van der Waals surface area contributed by atoms with Crippen molar-refractivity contribution in [2.75, 3.05) is 18.6 Å². The third-order valence-electron chi connectivity index (χ3n) is 2.43. The van der Waals surface area contributed by atoms with Gasteiger partial charge >= 0.3 is 0 Å². The SMILES string of the molecule is CSCCC(C)NCc1cnn(CCO)c1. The van der Waals surface area contributed by atoms with Gasteiger partial charge < -0.3 is 10.4 Å². The summed E-state index contributed by atoms with van der Waals surface area (Å²) in [6.07, 6.45) is 7.14. The fourth-order valence-electron chi connectivity index (χ4n) is 1.41. The van der Waals surface area contributed by atoms with E-state index in [-0.39, 0.29) is 6.61 Å². The van der Waals surface area contributed by atoms with Crippen molar-refractivity contribution in [3.8, 4) is 0 Å². The maximum atomic E-state index is 8.77. The molecule has 0 aliphatic carbocycles. The van der Waals surface area contributed by atoms with Gasteiger partial charge in [-0.1, -0.05) is 0 Å². The summed E-state index contributed by atoms with van der Waals surface area (Å²) in [4.78, 5) is 0. The molecule has 4 nitrogen and oxygen atoms in total. The third kappa shape index (κ3) is 5.01. The van der Waals surface area contributed by atoms with Gasteiger partial charge in [0.2, 0.25) is 0 Å². The lowest BCUT2D eigenvalue weighted by molar-refractivity contribution is 0.269. The lowest BCUT2D eigenvalue weighted by Gasteiger charge is -2.11. The summed E-state index contributed by atoms with van der Waals surface area (Å²) in [5.74, 6) is 1.19. The number of hydrogen-bond acceptors (Lipinski definition) is 4. The van der Waals surface area contributed by atoms with E-state index in [0.29, 0.717) is 12.6 Å². The predicted octanol–water partition coefficient (Wildman–Crippen LogP) is 1.11. The van der Waals surface area contributed by atoms with Crippen molar-refractivity contribution in [1.29, 1.82) is 0 Å². The summed E-state index contributed by atoms with van der Waals surface area (Å²) in [6, 6.07) is 0.536. The van der Waals surface area contributed by atoms with Crippen LogP contribution in [0.25, 0.3) is 0 Å². The molecule has 1 atom stereocenters. The van der Waals surface area contributed by atoms with Crippen LogP contribution in [0.5, 0.6) is 0 Å². The molecule has 1 heterocycles. The van der Waals surface area contributed by atoms with E-state index in [0.717, 1.165) is 6.54 Å². The minimum atomic E-state index is 0.138. The summed E-state index contributed by atoms with van der Waals surface area (Å²) in [5, 5.41) is 16.4. The number of thioether (sulfide) groups is 1. The quantitative estimate of drug-likeness (QED) is 0.718. The van der Waals surface area contributed by atoms with Crippen molar-refractivity contribution in [1.82, 2.24) is 15.1 Å². The summed E-state index contributed by atoms with van der Waals surface area (Å²) >= 11 is 1.88. The van der Waals surface area contributed by atoms with Crippen molar-refractivity contribution in [3.63, 3.8) is 0 Å². The first-order chi connectivity index (χ1) is 7.76. The maximum Gasteiger partial charge on any atom is 0.0640 e. The molecule has 0 amide bonds. The first kappa shape index (κ1) is 13.5. The highest BCUT2D eigenvalue weighted by molar-refractivity contribution is 7.98. The fraction of sp³-hybridized carbons (Fsp3) is 0.727. The van der Waals surface area contributed by atoms with E-state index < -0.39 is 0 Å². The molecular formula is C11H21N3OS. The second-order valence-electron chi connectivity index (χ2n) is 3.90. The highest BCUT2D eigenvalue weighted by Crippen LogP contribution is 2.02. The Labute approximate surface area is 101 Å². The zero-order valence-corrected chi connectivity index (χ0v) is 10.8. The summed E-state index contributed by atoms with van der Waals surface area (Å²) in [5.41, 5.74) is 1.17. The van der Waals surface area contributed by atoms with E-state index in [1.54, 1.807) is 4.68 Å². The standard InChI is InChI=1S/C11H21N3OS/c1-10(3-6-16-2)12-7-11-8-13-14(9-11)4-5-15/h8-10,12,15H,3-7H2,1-2H3. The minimum Gasteiger partial charge on any atom is -0.394 e. The zero-order valence-electron chi connectivity index (χ0n) is 10.0. The van der Waals surface area contributed by atoms with Crippen LogP contribution < -0.4 is 5.32 Å². The molecular weight excluding hydrogens is 222 g/mol. The largest absolute Gasteiger partial charge is 0.394 e. The molecule has 0 bridgehead atoms. The Hall–Kier alpha value is -0.520. The van der Waals surface area contributed by atoms with Gasteiger partial charge in [0.15, 0.2) is 0 Å². The maximum absolute atomic E-state index is 8.77. The lowest BCUT2D eigenvalue weighted by atomic mass is 10.2. The number of nitrogens with one attached hydrogen (secondary N) is 1. The van der Waals surface area contributed by atoms with Crippen LogP contribution in [-0.4, -0.2) is 39.5 Å². The normalized spacial score (nSPS) is 12.9. The number of hydrogen-bond donors (Lipinski definition) is 2. The summed E-state index contributed by atoms with van der Waals surface area (Å²) < 4.78 is 1.77. The van der Waals surface area contributed by atoms with E-state index in [1.165, 1.54) is 17.7 Å². The molecule has 0 aliphatic rings. The van der Waals surface area contributed by atoms with Gasteiger partial charge in [-0.3, -0.25) is 4.68 Å². The summed E-state index contributed by atoms with van der Waals surface area (Å²) in [7, 11) is 0. The number of aromatic nitrogens is 2. The molecule has 0 fully saturated rings. The number of aliphatic hydroxyl groups is 1. The van der Waals surface area contributed by atoms with E-state index in [2.05, 4.69) is 23.6 Å². The first-order valence-corrected chi connectivity index (χ1v) is 7.00. The van der Waals surface area contributed by atoms with Gasteiger partial charge in [0.25, 0.3) is 0 Å². The van der Waals surface area contributed by atoms with Gasteiger partial charge in [0.1, 0.15) is 0 Å². The highest BCUT2D eigenvalue weighted by Gasteiger charge is 2.02. The van der Waals surface area contributed by atoms with E-state index in [4.69, 9.17) is 5.11 Å². The van der Waals surface area contributed by atoms with Crippen LogP contribution in [0.2, 0.25) is 0 Å². The van der Waals surface area contributed by atoms with E-state index >= 15 is 0 Å². The minimum absolute atomic E-state index is 0.138. The molecule has 92 valence electrons. The molecule has 0 aromatic carbocycles. The van der Waals surface area contributed by atoms with Gasteiger partial charge in [-0.15, -0.1) is 0 Å². The van der Waals surface area contributed by atoms with Gasteiger partial charge in [-0.2, -0.15) is 16.9 Å². The van der Waals surface area contributed by atoms with Crippen LogP contribution in [0.4, 0.5) is 0 Å². The second kappa shape index (κ2) is 7.70. The van der Waals surface area contributed by atoms with Crippen LogP contribution in [0.3, 0.4) is 0 Å². The van der Waals surface area contributed by atoms with E-state index in [9.17, 15) is 0 Å². The molecule has 1 aromatic heterocycles. The Kier molecular flexibility index (Phi) is 6.52. The van der Waals surface area contributed by atoms with Crippen LogP contribution in [0.1, 0.15) is 18.9 Å². The smallest absolute Gasteiger partial charge is 0.0640 e. The van der Waals surface area contributed by atoms with Crippen molar-refractivity contribution >= 4 is 11.8 Å². The Balaban J connectivity index is 2.25. The predicted molar refractivity (Wildman–Crippen MR) is 68.6 cm³/mol. The average Bonchev–Trinajstić information content (AvgIpc) is 2.72. The van der Waals surface area contributed by atoms with Crippen molar-refractivity contribution < 1.29 is 5.11 Å². The van der Waals surface area contributed by atoms with Crippen LogP contribution in [0.15, 0.2) is 12.4 Å². The van der Waals surface area contributed by atoms with E-state index in [1.807, 2.05) is 24.2 Å². The molecule has 1 rings (SSSR count). The Bertz CT molecular complexity index is 291. The first-order valence-electron chi connectivity index (χ1n) is 5.60. The monoisotopic (exact) mass is 243 g/mol. The number of aliphatic hydroxyl groups excluding tert-OH is 1. The van der Waals surface area contributed by atoms with Crippen molar-refractivity contribution in [3.05, 3.63) is 18.0 Å². The molecule has 1 unspecified atom stereocenters. The second-order valence-corrected chi connectivity index (χ2v) is 4.88. The Morgan fingerprint density at radius 2 is 2.44 bits per heavy atom. The molecule has 5 heteroatoms. The average molecular weight is 243 g/mol. The Morgan fingerprint density at radius 1 is 1.62 bits per heavy atom. The summed E-state index contributed by atoms with van der Waals surface area (Å²) in [6.45, 7) is 3.76. The molecule has 0 aliphatic heterocycles. The van der Waals surface area contributed by atoms with Crippen LogP contribution in [-0.2, 0) is 13.1 Å². The Morgan fingerprint density at radius 3 is 3.12 bits per heavy atom. The number of rotatable bonds is 8. The highest BCUT2D eigenvalue weighted by atomic mass is 32.2. The molecule has 1 aromatic rings. The van der Waals surface area contributed by atoms with Crippen molar-refractivity contribution in [2.45, 2.75) is 32.5 Å². The molecule has 2 N–H and O–H groups in total. The lowest BCUT2D eigenvalue weighted by Crippen LogP contribution is -2.25. The van der Waals surface area contributed by atoms with Gasteiger partial charge in [-0.05, 0) is 25.4 Å². The van der Waals surface area contributed by atoms with Gasteiger partial charge in [-0.25, -0.2) is 0 Å². The zero-order chi connectivity index (χ0) is 11.8. The number of nitrogens with zero attached hydrogens (tertiary/aromatic N) is 2. The molecule has 0 saturated carbocycles. The molecule has 0 spiro atoms. The van der Waals surface area contributed by atoms with Gasteiger partial charge in [0, 0.05) is 24.3 Å². The molecule has 0 radical (unpaired) electrons. The fourth-order valence-corrected chi connectivity index (χ4v) is 2.00. The van der Waals surface area contributed by atoms with Crippen molar-refractivity contribution in [2.24, 2.45) is 0 Å². The van der Waals surface area contributed by atoms with Crippen LogP contribution in [0, 0.1) is 0 Å². The van der Waals surface area contributed by atoms with Gasteiger partial charge in [0.05, 0.1) is 19.3 Å². The molecule has 0 saturated heterocycles.